The minimum atomic E-state index is 1.14. The van der Waals surface area contributed by atoms with E-state index in [0.29, 0.717) is 0 Å². The summed E-state index contributed by atoms with van der Waals surface area (Å²) in [7, 11) is 0. The maximum absolute atomic E-state index is 2.31. The van der Waals surface area contributed by atoms with E-state index in [4.69, 9.17) is 0 Å². The van der Waals surface area contributed by atoms with E-state index < -0.39 is 0 Å². The van der Waals surface area contributed by atoms with E-state index in [2.05, 4.69) is 37.3 Å². The van der Waals surface area contributed by atoms with Gasteiger partial charge in [-0.3, -0.25) is 0 Å². The maximum Gasteiger partial charge on any atom is -0.0121 e. The van der Waals surface area contributed by atoms with Crippen molar-refractivity contribution in [3.8, 4) is 0 Å². The Hall–Kier alpha value is -1.04. The van der Waals surface area contributed by atoms with Crippen LogP contribution in [0.5, 0.6) is 0 Å². The smallest absolute Gasteiger partial charge is 0.0121 e. The average molecular weight is 174 g/mol. The molecule has 0 bridgehead atoms. The summed E-state index contributed by atoms with van der Waals surface area (Å²) in [4.78, 5) is 0. The van der Waals surface area contributed by atoms with Crippen LogP contribution in [0.2, 0.25) is 0 Å². The second-order valence-corrected chi connectivity index (χ2v) is 3.10. The van der Waals surface area contributed by atoms with Gasteiger partial charge in [-0.15, -0.1) is 0 Å². The van der Waals surface area contributed by atoms with Crippen molar-refractivity contribution in [2.45, 2.75) is 33.6 Å². The fourth-order valence-corrected chi connectivity index (χ4v) is 1.66. The molecule has 0 aromatic heterocycles. The summed E-state index contributed by atoms with van der Waals surface area (Å²) < 4.78 is 0. The molecule has 2 aliphatic rings. The number of hydrogen-bond donors (Lipinski definition) is 0. The number of allylic oxidation sites excluding steroid dienone is 8. The second kappa shape index (κ2) is 4.86. The molecule has 0 atom stereocenters. The third-order valence-electron chi connectivity index (χ3n) is 2.33. The van der Waals surface area contributed by atoms with Gasteiger partial charge in [-0.2, -0.15) is 0 Å². The molecule has 0 amide bonds. The van der Waals surface area contributed by atoms with Crippen molar-refractivity contribution >= 4 is 0 Å². The van der Waals surface area contributed by atoms with E-state index in [9.17, 15) is 0 Å². The quantitative estimate of drug-likeness (QED) is 0.517. The highest BCUT2D eigenvalue weighted by Crippen LogP contribution is 2.30. The Morgan fingerprint density at radius 2 is 1.85 bits per heavy atom. The van der Waals surface area contributed by atoms with E-state index in [1.165, 1.54) is 11.1 Å². The summed E-state index contributed by atoms with van der Waals surface area (Å²) in [6.07, 6.45) is 13.3. The van der Waals surface area contributed by atoms with Crippen LogP contribution in [-0.2, 0) is 0 Å². The highest BCUT2D eigenvalue weighted by Gasteiger charge is 2.11. The highest BCUT2D eigenvalue weighted by atomic mass is 14.2. The predicted octanol–water partition coefficient (Wildman–Crippen LogP) is 4.18. The molecule has 2 aliphatic carbocycles. The van der Waals surface area contributed by atoms with Gasteiger partial charge in [-0.25, -0.2) is 0 Å². The summed E-state index contributed by atoms with van der Waals surface area (Å²) in [5.41, 5.74) is 4.49. The Kier molecular flexibility index (Phi) is 3.75. The summed E-state index contributed by atoms with van der Waals surface area (Å²) in [6.45, 7) is 6.19. The lowest BCUT2D eigenvalue weighted by atomic mass is 10.1. The Balaban J connectivity index is 0.000000396. The van der Waals surface area contributed by atoms with E-state index >= 15 is 0 Å². The third kappa shape index (κ3) is 2.21. The highest BCUT2D eigenvalue weighted by molar-refractivity contribution is 5.50. The molecule has 0 saturated carbocycles. The molecule has 0 N–H and O–H groups in total. The van der Waals surface area contributed by atoms with E-state index in [0.717, 1.165) is 12.8 Å². The monoisotopic (exact) mass is 174 g/mol. The minimum absolute atomic E-state index is 1.14. The zero-order valence-electron chi connectivity index (χ0n) is 8.80. The molecular weight excluding hydrogens is 156 g/mol. The van der Waals surface area contributed by atoms with Crippen LogP contribution >= 0.6 is 0 Å². The van der Waals surface area contributed by atoms with Crippen molar-refractivity contribution in [3.05, 3.63) is 47.1 Å². The standard InChI is InChI=1S/C11H12.C2H6/c1-9-7-8-10-5-3-2-4-6-11(9)10;1-2/h2-4,6-7H,5,8H2,1H3;1-2H3. The molecule has 0 nitrogen and oxygen atoms in total. The van der Waals surface area contributed by atoms with Crippen molar-refractivity contribution in [3.63, 3.8) is 0 Å². The largest absolute Gasteiger partial charge is 0.0804 e. The molecule has 0 saturated heterocycles. The average Bonchev–Trinajstić information content (AvgIpc) is 2.44. The van der Waals surface area contributed by atoms with Gasteiger partial charge in [0.15, 0.2) is 0 Å². The van der Waals surface area contributed by atoms with Gasteiger partial charge in [0.25, 0.3) is 0 Å². The lowest BCUT2D eigenvalue weighted by Gasteiger charge is -1.99. The lowest BCUT2D eigenvalue weighted by Crippen LogP contribution is -1.80. The molecule has 70 valence electrons. The van der Waals surface area contributed by atoms with Crippen LogP contribution in [0.4, 0.5) is 0 Å². The topological polar surface area (TPSA) is 0 Å². The number of rotatable bonds is 0. The van der Waals surface area contributed by atoms with Gasteiger partial charge < -0.3 is 0 Å². The van der Waals surface area contributed by atoms with Crippen molar-refractivity contribution in [1.82, 2.24) is 0 Å². The molecule has 13 heavy (non-hydrogen) atoms. The predicted molar refractivity (Wildman–Crippen MR) is 59.6 cm³/mol. The summed E-state index contributed by atoms with van der Waals surface area (Å²) in [6, 6.07) is 0. The molecule has 0 radical (unpaired) electrons. The lowest BCUT2D eigenvalue weighted by molar-refractivity contribution is 1.13. The third-order valence-corrected chi connectivity index (χ3v) is 2.33. The SMILES string of the molecule is CC.CC1=CCC2=C1C=CC=CC2. The molecule has 2 rings (SSSR count). The van der Waals surface area contributed by atoms with Gasteiger partial charge >= 0.3 is 0 Å². The first-order valence-electron chi connectivity index (χ1n) is 5.10. The second-order valence-electron chi connectivity index (χ2n) is 3.10. The van der Waals surface area contributed by atoms with Gasteiger partial charge in [0.05, 0.1) is 0 Å². The van der Waals surface area contributed by atoms with Crippen molar-refractivity contribution in [1.29, 1.82) is 0 Å². The van der Waals surface area contributed by atoms with Crippen LogP contribution in [-0.4, -0.2) is 0 Å². The van der Waals surface area contributed by atoms with Gasteiger partial charge in [-0.05, 0) is 30.9 Å². The van der Waals surface area contributed by atoms with E-state index in [1.54, 1.807) is 5.57 Å². The van der Waals surface area contributed by atoms with E-state index in [-0.39, 0.29) is 0 Å². The van der Waals surface area contributed by atoms with Crippen molar-refractivity contribution in [2.24, 2.45) is 0 Å². The van der Waals surface area contributed by atoms with Crippen LogP contribution in [0.3, 0.4) is 0 Å². The van der Waals surface area contributed by atoms with Crippen LogP contribution in [0.15, 0.2) is 47.1 Å². The fraction of sp³-hybridized carbons (Fsp3) is 0.385. The molecule has 0 heterocycles. The zero-order chi connectivity index (χ0) is 9.68. The Bertz CT molecular complexity index is 285. The Labute approximate surface area is 81.4 Å². The summed E-state index contributed by atoms with van der Waals surface area (Å²) >= 11 is 0. The van der Waals surface area contributed by atoms with Gasteiger partial charge in [-0.1, -0.05) is 49.8 Å². The first-order chi connectivity index (χ1) is 6.38. The summed E-state index contributed by atoms with van der Waals surface area (Å²) in [5.74, 6) is 0. The zero-order valence-corrected chi connectivity index (χ0v) is 8.80. The van der Waals surface area contributed by atoms with Crippen molar-refractivity contribution in [2.75, 3.05) is 0 Å². The van der Waals surface area contributed by atoms with Crippen LogP contribution in [0, 0.1) is 0 Å². The molecule has 0 heteroatoms. The van der Waals surface area contributed by atoms with E-state index in [1.807, 2.05) is 13.8 Å². The normalized spacial score (nSPS) is 18.8. The van der Waals surface area contributed by atoms with Crippen LogP contribution < -0.4 is 0 Å². The first-order valence-corrected chi connectivity index (χ1v) is 5.10. The first kappa shape index (κ1) is 10.0. The van der Waals surface area contributed by atoms with Crippen LogP contribution in [0.25, 0.3) is 0 Å². The maximum atomic E-state index is 2.31. The molecule has 0 fully saturated rings. The van der Waals surface area contributed by atoms with Gasteiger partial charge in [0.1, 0.15) is 0 Å². The molecule has 0 unspecified atom stereocenters. The Morgan fingerprint density at radius 3 is 2.62 bits per heavy atom. The Morgan fingerprint density at radius 1 is 1.08 bits per heavy atom. The van der Waals surface area contributed by atoms with Gasteiger partial charge in [0.2, 0.25) is 0 Å². The number of hydrogen-bond acceptors (Lipinski definition) is 0. The fourth-order valence-electron chi connectivity index (χ4n) is 1.66. The van der Waals surface area contributed by atoms with Crippen molar-refractivity contribution < 1.29 is 0 Å². The summed E-state index contributed by atoms with van der Waals surface area (Å²) in [5, 5.41) is 0. The minimum Gasteiger partial charge on any atom is -0.0804 e. The molecule has 0 aromatic rings. The molecular formula is C13H18. The molecule has 0 aromatic carbocycles. The molecule has 0 aliphatic heterocycles. The molecule has 0 spiro atoms. The van der Waals surface area contributed by atoms with Crippen LogP contribution in [0.1, 0.15) is 33.6 Å². The van der Waals surface area contributed by atoms with Gasteiger partial charge in [0, 0.05) is 0 Å².